The van der Waals surface area contributed by atoms with Crippen molar-refractivity contribution in [1.82, 2.24) is 14.4 Å². The zero-order chi connectivity index (χ0) is 16.2. The van der Waals surface area contributed by atoms with E-state index in [-0.39, 0.29) is 6.09 Å². The van der Waals surface area contributed by atoms with Crippen LogP contribution in [0.1, 0.15) is 12.0 Å². The molecule has 0 bridgehead atoms. The van der Waals surface area contributed by atoms with Gasteiger partial charge in [-0.3, -0.25) is 9.47 Å². The highest BCUT2D eigenvalue weighted by molar-refractivity contribution is 5.91. The van der Waals surface area contributed by atoms with Gasteiger partial charge in [-0.05, 0) is 51.7 Å². The lowest BCUT2D eigenvalue weighted by molar-refractivity contribution is 0.107. The molecule has 5 nitrogen and oxygen atoms in total. The van der Waals surface area contributed by atoms with Crippen LogP contribution in [0.25, 0.3) is 10.9 Å². The monoisotopic (exact) mass is 315 g/mol. The van der Waals surface area contributed by atoms with Crippen LogP contribution in [0, 0.1) is 0 Å². The molecule has 0 atom stereocenters. The largest absolute Gasteiger partial charge is 0.448 e. The molecule has 5 heteroatoms. The Morgan fingerprint density at radius 1 is 1.26 bits per heavy atom. The topological polar surface area (TPSA) is 37.7 Å². The Labute approximate surface area is 137 Å². The lowest BCUT2D eigenvalue weighted by atomic mass is 10.1. The van der Waals surface area contributed by atoms with E-state index < -0.39 is 0 Å². The summed E-state index contributed by atoms with van der Waals surface area (Å²) in [5.74, 6) is 0. The fraction of sp³-hybridized carbons (Fsp3) is 0.500. The number of fused-ring (bicyclic) bond motifs is 1. The van der Waals surface area contributed by atoms with Crippen molar-refractivity contribution in [3.05, 3.63) is 36.0 Å². The maximum Gasteiger partial charge on any atom is 0.418 e. The predicted molar refractivity (Wildman–Crippen MR) is 92.0 cm³/mol. The highest BCUT2D eigenvalue weighted by Crippen LogP contribution is 2.22. The molecule has 1 aliphatic rings. The number of carbonyl (C=O) groups excluding carboxylic acids is 1. The van der Waals surface area contributed by atoms with Crippen molar-refractivity contribution in [2.75, 3.05) is 46.9 Å². The van der Waals surface area contributed by atoms with Crippen LogP contribution in [-0.4, -0.2) is 67.3 Å². The van der Waals surface area contributed by atoms with Crippen LogP contribution in [0.2, 0.25) is 0 Å². The molecule has 0 radical (unpaired) electrons. The summed E-state index contributed by atoms with van der Waals surface area (Å²) in [6.45, 7) is 4.49. The van der Waals surface area contributed by atoms with E-state index in [1.807, 2.05) is 24.4 Å². The Balaban J connectivity index is 1.72. The Bertz CT molecular complexity index is 674. The van der Waals surface area contributed by atoms with Gasteiger partial charge in [-0.1, -0.05) is 18.2 Å². The normalized spacial score (nSPS) is 15.1. The maximum atomic E-state index is 12.4. The Kier molecular flexibility index (Phi) is 4.98. The van der Waals surface area contributed by atoms with Crippen molar-refractivity contribution < 1.29 is 9.53 Å². The van der Waals surface area contributed by atoms with Crippen molar-refractivity contribution in [2.45, 2.75) is 12.8 Å². The average Bonchev–Trinajstić information content (AvgIpc) is 2.86. The maximum absolute atomic E-state index is 12.4. The first-order valence-electron chi connectivity index (χ1n) is 8.28. The molecule has 0 amide bonds. The number of rotatable bonds is 6. The number of hydrogen-bond acceptors (Lipinski definition) is 4. The van der Waals surface area contributed by atoms with Crippen LogP contribution in [0.15, 0.2) is 30.5 Å². The van der Waals surface area contributed by atoms with E-state index in [9.17, 15) is 4.79 Å². The Morgan fingerprint density at radius 2 is 2.04 bits per heavy atom. The second-order valence-corrected chi connectivity index (χ2v) is 6.40. The number of likely N-dealkylation sites (N-methyl/N-ethyl adjacent to an activating group) is 1. The zero-order valence-corrected chi connectivity index (χ0v) is 14.0. The molecule has 0 spiro atoms. The van der Waals surface area contributed by atoms with E-state index >= 15 is 0 Å². The van der Waals surface area contributed by atoms with Gasteiger partial charge in [-0.15, -0.1) is 0 Å². The second-order valence-electron chi connectivity index (χ2n) is 6.40. The van der Waals surface area contributed by atoms with Gasteiger partial charge in [0.2, 0.25) is 0 Å². The summed E-state index contributed by atoms with van der Waals surface area (Å²) in [6, 6.07) is 8.03. The minimum atomic E-state index is -0.280. The first-order chi connectivity index (χ1) is 11.1. The molecule has 1 aliphatic heterocycles. The highest BCUT2D eigenvalue weighted by Gasteiger charge is 2.16. The van der Waals surface area contributed by atoms with Crippen molar-refractivity contribution in [2.24, 2.45) is 0 Å². The highest BCUT2D eigenvalue weighted by atomic mass is 16.5. The smallest absolute Gasteiger partial charge is 0.418 e. The Morgan fingerprint density at radius 3 is 2.74 bits per heavy atom. The summed E-state index contributed by atoms with van der Waals surface area (Å²) in [5, 5.41) is 1.13. The number of carbonyl (C=O) groups is 1. The predicted octanol–water partition coefficient (Wildman–Crippen LogP) is 2.44. The van der Waals surface area contributed by atoms with Gasteiger partial charge in [0, 0.05) is 24.7 Å². The van der Waals surface area contributed by atoms with Crippen LogP contribution >= 0.6 is 0 Å². The van der Waals surface area contributed by atoms with Crippen molar-refractivity contribution in [1.29, 1.82) is 0 Å². The van der Waals surface area contributed by atoms with Gasteiger partial charge in [-0.2, -0.15) is 0 Å². The summed E-state index contributed by atoms with van der Waals surface area (Å²) in [4.78, 5) is 16.9. The third-order valence-corrected chi connectivity index (χ3v) is 4.40. The molecule has 1 fully saturated rings. The molecule has 0 N–H and O–H groups in total. The van der Waals surface area contributed by atoms with E-state index in [0.717, 1.165) is 43.5 Å². The molecule has 0 unspecified atom stereocenters. The minimum Gasteiger partial charge on any atom is -0.448 e. The van der Waals surface area contributed by atoms with Gasteiger partial charge in [0.15, 0.2) is 0 Å². The van der Waals surface area contributed by atoms with Gasteiger partial charge in [-0.25, -0.2) is 4.79 Å². The first kappa shape index (κ1) is 16.0. The Hall–Kier alpha value is -1.85. The lowest BCUT2D eigenvalue weighted by Gasteiger charge is -2.30. The van der Waals surface area contributed by atoms with E-state index in [1.165, 1.54) is 12.0 Å². The van der Waals surface area contributed by atoms with Crippen LogP contribution in [0.3, 0.4) is 0 Å². The molecule has 1 saturated heterocycles. The third kappa shape index (κ3) is 3.74. The number of aromatic nitrogens is 1. The fourth-order valence-corrected chi connectivity index (χ4v) is 2.88. The number of benzene rings is 1. The van der Waals surface area contributed by atoms with E-state index in [4.69, 9.17) is 4.74 Å². The standard InChI is InChI=1S/C18H25N3O2/c1-19(2)11-8-15-14-21(17-7-4-3-6-16(15)17)18(22)23-13-12-20-9-5-10-20/h3-4,6-7,14H,5,8-13H2,1-2H3. The minimum absolute atomic E-state index is 0.280. The van der Waals surface area contributed by atoms with Crippen LogP contribution in [0.4, 0.5) is 4.79 Å². The van der Waals surface area contributed by atoms with E-state index in [0.29, 0.717) is 6.61 Å². The van der Waals surface area contributed by atoms with E-state index in [2.05, 4.69) is 30.0 Å². The summed E-state index contributed by atoms with van der Waals surface area (Å²) >= 11 is 0. The van der Waals surface area contributed by atoms with Crippen molar-refractivity contribution in [3.8, 4) is 0 Å². The number of para-hydroxylation sites is 1. The first-order valence-corrected chi connectivity index (χ1v) is 8.28. The molecule has 2 aromatic rings. The fourth-order valence-electron chi connectivity index (χ4n) is 2.88. The van der Waals surface area contributed by atoms with Gasteiger partial charge in [0.05, 0.1) is 5.52 Å². The van der Waals surface area contributed by atoms with Crippen LogP contribution < -0.4 is 0 Å². The van der Waals surface area contributed by atoms with Gasteiger partial charge in [0.25, 0.3) is 0 Å². The zero-order valence-electron chi connectivity index (χ0n) is 14.0. The molecule has 124 valence electrons. The third-order valence-electron chi connectivity index (χ3n) is 4.40. The summed E-state index contributed by atoms with van der Waals surface area (Å²) in [7, 11) is 4.12. The van der Waals surface area contributed by atoms with Crippen LogP contribution in [0.5, 0.6) is 0 Å². The van der Waals surface area contributed by atoms with Crippen molar-refractivity contribution in [3.63, 3.8) is 0 Å². The number of ether oxygens (including phenoxy) is 1. The van der Waals surface area contributed by atoms with Crippen molar-refractivity contribution >= 4 is 17.0 Å². The number of hydrogen-bond donors (Lipinski definition) is 0. The number of nitrogens with zero attached hydrogens (tertiary/aromatic N) is 3. The quantitative estimate of drug-likeness (QED) is 0.820. The molecule has 0 saturated carbocycles. The van der Waals surface area contributed by atoms with E-state index in [1.54, 1.807) is 4.57 Å². The summed E-state index contributed by atoms with van der Waals surface area (Å²) in [6.07, 6.45) is 3.82. The molecule has 3 rings (SSSR count). The molecular weight excluding hydrogens is 290 g/mol. The summed E-state index contributed by atoms with van der Waals surface area (Å²) in [5.41, 5.74) is 2.11. The van der Waals surface area contributed by atoms with Gasteiger partial charge < -0.3 is 9.64 Å². The molecule has 0 aliphatic carbocycles. The molecule has 23 heavy (non-hydrogen) atoms. The SMILES string of the molecule is CN(C)CCc1cn(C(=O)OCCN2CCC2)c2ccccc12. The van der Waals surface area contributed by atoms with Gasteiger partial charge in [0.1, 0.15) is 6.61 Å². The summed E-state index contributed by atoms with van der Waals surface area (Å²) < 4.78 is 7.10. The van der Waals surface area contributed by atoms with Crippen LogP contribution in [-0.2, 0) is 11.2 Å². The molecule has 2 heterocycles. The molecule has 1 aromatic carbocycles. The molecular formula is C18H25N3O2. The molecule has 1 aromatic heterocycles. The number of likely N-dealkylation sites (tertiary alicyclic amines) is 1. The average molecular weight is 315 g/mol. The van der Waals surface area contributed by atoms with Gasteiger partial charge >= 0.3 is 6.09 Å². The second kappa shape index (κ2) is 7.15. The lowest BCUT2D eigenvalue weighted by Crippen LogP contribution is -2.39.